The van der Waals surface area contributed by atoms with E-state index in [-0.39, 0.29) is 11.8 Å². The zero-order valence-corrected chi connectivity index (χ0v) is 14.6. The zero-order chi connectivity index (χ0) is 18.4. The highest BCUT2D eigenvalue weighted by Crippen LogP contribution is 2.28. The largest absolute Gasteiger partial charge is 0.352 e. The van der Waals surface area contributed by atoms with Crippen LogP contribution in [0.1, 0.15) is 11.3 Å². The van der Waals surface area contributed by atoms with Crippen LogP contribution < -0.4 is 4.90 Å². The number of fused-ring (bicyclic) bond motifs is 3. The maximum atomic E-state index is 13.5. The van der Waals surface area contributed by atoms with Gasteiger partial charge in [-0.1, -0.05) is 0 Å². The van der Waals surface area contributed by atoms with Crippen LogP contribution in [0.3, 0.4) is 0 Å². The molecule has 0 N–H and O–H groups in total. The first-order valence-electron chi connectivity index (χ1n) is 8.95. The molecule has 1 amide bonds. The van der Waals surface area contributed by atoms with Crippen molar-refractivity contribution in [2.24, 2.45) is 0 Å². The number of hydrogen-bond donors (Lipinski definition) is 0. The Labute approximate surface area is 154 Å². The van der Waals surface area contributed by atoms with Crippen LogP contribution in [0.5, 0.6) is 0 Å². The van der Waals surface area contributed by atoms with Gasteiger partial charge >= 0.3 is 6.03 Å². The number of rotatable bonds is 1. The van der Waals surface area contributed by atoms with E-state index in [2.05, 4.69) is 21.0 Å². The molecule has 0 unspecified atom stereocenters. The van der Waals surface area contributed by atoms with Gasteiger partial charge in [-0.2, -0.15) is 14.9 Å². The van der Waals surface area contributed by atoms with E-state index in [4.69, 9.17) is 5.10 Å². The molecule has 8 nitrogen and oxygen atoms in total. The molecule has 9 heteroatoms. The Balaban J connectivity index is 1.33. The van der Waals surface area contributed by atoms with Gasteiger partial charge in [0.1, 0.15) is 18.5 Å². The molecule has 138 valence electrons. The van der Waals surface area contributed by atoms with Crippen molar-refractivity contribution < 1.29 is 9.18 Å². The first-order chi connectivity index (χ1) is 13.2. The number of amides is 1. The van der Waals surface area contributed by atoms with Crippen LogP contribution in [0, 0.1) is 5.82 Å². The minimum atomic E-state index is -0.210. The summed E-state index contributed by atoms with van der Waals surface area (Å²) in [6.45, 7) is 2.60. The van der Waals surface area contributed by atoms with Gasteiger partial charge in [-0.15, -0.1) is 0 Å². The summed E-state index contributed by atoms with van der Waals surface area (Å²) in [5, 5.41) is 8.65. The van der Waals surface area contributed by atoms with Crippen molar-refractivity contribution in [3.8, 4) is 5.69 Å². The van der Waals surface area contributed by atoms with Gasteiger partial charge in [0, 0.05) is 37.9 Å². The number of benzene rings is 1. The second-order valence-electron chi connectivity index (χ2n) is 6.78. The molecule has 2 aliphatic heterocycles. The number of carbonyl (C=O) groups excluding carboxylic acids is 1. The van der Waals surface area contributed by atoms with Crippen molar-refractivity contribution in [1.29, 1.82) is 0 Å². The normalized spacial score (nSPS) is 16.2. The number of aromatic nitrogens is 5. The lowest BCUT2D eigenvalue weighted by Crippen LogP contribution is -2.50. The standard InChI is InChI=1S/C18H18FN7O/c19-14-2-4-16-13(9-14)1-3-15-10-17(22-26(15)16)23-5-7-24(8-6-23)18(27)25-12-20-11-21-25/h2,4,9-12H,1,3,5-8H2. The highest BCUT2D eigenvalue weighted by molar-refractivity contribution is 5.75. The van der Waals surface area contributed by atoms with Crippen LogP contribution >= 0.6 is 0 Å². The molecule has 27 heavy (non-hydrogen) atoms. The fourth-order valence-electron chi connectivity index (χ4n) is 3.75. The lowest BCUT2D eigenvalue weighted by molar-refractivity contribution is 0.192. The van der Waals surface area contributed by atoms with Gasteiger partial charge < -0.3 is 9.80 Å². The van der Waals surface area contributed by atoms with Crippen LogP contribution in [0.2, 0.25) is 0 Å². The number of aryl methyl sites for hydroxylation is 2. The Morgan fingerprint density at radius 2 is 1.93 bits per heavy atom. The number of anilines is 1. The third-order valence-electron chi connectivity index (χ3n) is 5.18. The van der Waals surface area contributed by atoms with Crippen LogP contribution in [-0.4, -0.2) is 61.7 Å². The van der Waals surface area contributed by atoms with Gasteiger partial charge in [0.15, 0.2) is 5.82 Å². The van der Waals surface area contributed by atoms with Gasteiger partial charge in [0.2, 0.25) is 0 Å². The highest BCUT2D eigenvalue weighted by atomic mass is 19.1. The van der Waals surface area contributed by atoms with Crippen molar-refractivity contribution in [2.45, 2.75) is 12.8 Å². The maximum Gasteiger partial charge on any atom is 0.346 e. The van der Waals surface area contributed by atoms with E-state index >= 15 is 0 Å². The van der Waals surface area contributed by atoms with E-state index in [9.17, 15) is 9.18 Å². The van der Waals surface area contributed by atoms with Gasteiger partial charge in [0.25, 0.3) is 0 Å². The molecule has 1 saturated heterocycles. The second kappa shape index (κ2) is 6.19. The summed E-state index contributed by atoms with van der Waals surface area (Å²) < 4.78 is 16.7. The lowest BCUT2D eigenvalue weighted by atomic mass is 10.0. The summed E-state index contributed by atoms with van der Waals surface area (Å²) >= 11 is 0. The minimum absolute atomic E-state index is 0.160. The first-order valence-corrected chi connectivity index (χ1v) is 8.95. The Hall–Kier alpha value is -3.23. The number of halogens is 1. The van der Waals surface area contributed by atoms with Crippen molar-refractivity contribution >= 4 is 11.8 Å². The molecular weight excluding hydrogens is 349 g/mol. The molecule has 0 bridgehead atoms. The lowest BCUT2D eigenvalue weighted by Gasteiger charge is -2.34. The Bertz CT molecular complexity index is 989. The minimum Gasteiger partial charge on any atom is -0.352 e. The summed E-state index contributed by atoms with van der Waals surface area (Å²) in [5.74, 6) is 0.688. The van der Waals surface area contributed by atoms with Crippen molar-refractivity contribution in [2.75, 3.05) is 31.1 Å². The van der Waals surface area contributed by atoms with Crippen LogP contribution in [0.25, 0.3) is 5.69 Å². The van der Waals surface area contributed by atoms with Gasteiger partial charge in [-0.3, -0.25) is 0 Å². The molecule has 1 fully saturated rings. The van der Waals surface area contributed by atoms with Crippen molar-refractivity contribution in [1.82, 2.24) is 29.4 Å². The average molecular weight is 367 g/mol. The first kappa shape index (κ1) is 16.0. The van der Waals surface area contributed by atoms with E-state index in [0.29, 0.717) is 26.2 Å². The topological polar surface area (TPSA) is 72.1 Å². The van der Waals surface area contributed by atoms with E-state index in [0.717, 1.165) is 35.6 Å². The third-order valence-corrected chi connectivity index (χ3v) is 5.18. The van der Waals surface area contributed by atoms with Crippen molar-refractivity contribution in [3.05, 3.63) is 54.0 Å². The summed E-state index contributed by atoms with van der Waals surface area (Å²) in [7, 11) is 0. The summed E-state index contributed by atoms with van der Waals surface area (Å²) in [6.07, 6.45) is 4.43. The van der Waals surface area contributed by atoms with Gasteiger partial charge in [-0.25, -0.2) is 18.9 Å². The Kier molecular flexibility index (Phi) is 3.66. The van der Waals surface area contributed by atoms with E-state index in [1.54, 1.807) is 17.0 Å². The van der Waals surface area contributed by atoms with Crippen molar-refractivity contribution in [3.63, 3.8) is 0 Å². The Morgan fingerprint density at radius 3 is 2.70 bits per heavy atom. The zero-order valence-electron chi connectivity index (χ0n) is 14.6. The molecule has 0 atom stereocenters. The summed E-state index contributed by atoms with van der Waals surface area (Å²) in [4.78, 5) is 20.1. The van der Waals surface area contributed by atoms with Gasteiger partial charge in [0.05, 0.1) is 5.69 Å². The van der Waals surface area contributed by atoms with Crippen LogP contribution in [-0.2, 0) is 12.8 Å². The maximum absolute atomic E-state index is 13.5. The van der Waals surface area contributed by atoms with Gasteiger partial charge in [-0.05, 0) is 36.6 Å². The molecule has 3 aromatic rings. The highest BCUT2D eigenvalue weighted by Gasteiger charge is 2.26. The molecule has 0 spiro atoms. The second-order valence-corrected chi connectivity index (χ2v) is 6.78. The average Bonchev–Trinajstić information content (AvgIpc) is 3.37. The summed E-state index contributed by atoms with van der Waals surface area (Å²) in [6, 6.07) is 6.80. The molecule has 5 rings (SSSR count). The predicted molar refractivity (Wildman–Crippen MR) is 95.5 cm³/mol. The fraction of sp³-hybridized carbons (Fsp3) is 0.333. The molecule has 0 saturated carbocycles. The smallest absolute Gasteiger partial charge is 0.346 e. The number of piperazine rings is 1. The van der Waals surface area contributed by atoms with Crippen LogP contribution in [0.15, 0.2) is 36.9 Å². The van der Waals surface area contributed by atoms with E-state index in [1.807, 2.05) is 4.68 Å². The summed E-state index contributed by atoms with van der Waals surface area (Å²) in [5.41, 5.74) is 3.06. The van der Waals surface area contributed by atoms with E-state index in [1.165, 1.54) is 23.4 Å². The molecule has 2 aromatic heterocycles. The SMILES string of the molecule is O=C(N1CCN(c2cc3n(n2)-c2ccc(F)cc2CC3)CC1)n1cncn1. The van der Waals surface area contributed by atoms with Crippen LogP contribution in [0.4, 0.5) is 15.0 Å². The molecule has 0 radical (unpaired) electrons. The Morgan fingerprint density at radius 1 is 1.07 bits per heavy atom. The quantitative estimate of drug-likeness (QED) is 0.652. The third kappa shape index (κ3) is 2.75. The molecular formula is C18H18FN7O. The fourth-order valence-corrected chi connectivity index (χ4v) is 3.75. The predicted octanol–water partition coefficient (Wildman–Crippen LogP) is 1.49. The molecule has 4 heterocycles. The molecule has 1 aromatic carbocycles. The number of carbonyl (C=O) groups is 1. The molecule has 0 aliphatic carbocycles. The monoisotopic (exact) mass is 367 g/mol. The molecule has 2 aliphatic rings. The number of hydrogen-bond acceptors (Lipinski definition) is 5. The number of nitrogens with zero attached hydrogens (tertiary/aromatic N) is 7. The van der Waals surface area contributed by atoms with E-state index < -0.39 is 0 Å².